The number of H-pyrrole nitrogens is 1. The van der Waals surface area contributed by atoms with Crippen LogP contribution in [-0.2, 0) is 6.42 Å². The molecule has 1 aromatic heterocycles. The summed E-state index contributed by atoms with van der Waals surface area (Å²) in [6.07, 6.45) is 3.85. The number of fused-ring (bicyclic) bond motifs is 1. The first-order chi connectivity index (χ1) is 9.65. The normalized spacial score (nSPS) is 13.9. The zero-order valence-corrected chi connectivity index (χ0v) is 11.3. The lowest BCUT2D eigenvalue weighted by Gasteiger charge is -2.12. The van der Waals surface area contributed by atoms with Crippen molar-refractivity contribution in [2.24, 2.45) is 0 Å². The van der Waals surface area contributed by atoms with Gasteiger partial charge in [0.25, 0.3) is 5.91 Å². The van der Waals surface area contributed by atoms with Gasteiger partial charge in [-0.1, -0.05) is 12.1 Å². The molecule has 0 unspecified atom stereocenters. The molecule has 3 rings (SSSR count). The smallest absolute Gasteiger partial charge is 0.257 e. The summed E-state index contributed by atoms with van der Waals surface area (Å²) in [6.45, 7) is 1.97. The number of Topliss-reactive ketones (excluding diaryl/α,β-unsaturated/α-hetero) is 1. The molecule has 0 saturated heterocycles. The molecule has 0 saturated carbocycles. The van der Waals surface area contributed by atoms with E-state index in [1.807, 2.05) is 31.2 Å². The van der Waals surface area contributed by atoms with Crippen molar-refractivity contribution in [2.45, 2.75) is 26.2 Å². The lowest BCUT2D eigenvalue weighted by molar-refractivity contribution is 0.0956. The molecule has 1 heterocycles. The van der Waals surface area contributed by atoms with E-state index in [1.54, 1.807) is 6.20 Å². The van der Waals surface area contributed by atoms with Crippen LogP contribution in [0.4, 0.5) is 5.69 Å². The SMILES string of the molecule is Cc1cccc(NC(=O)c2c[nH]c3c2C(=O)CCC3)c1. The predicted octanol–water partition coefficient (Wildman–Crippen LogP) is 3.09. The van der Waals surface area contributed by atoms with E-state index in [9.17, 15) is 9.59 Å². The Bertz CT molecular complexity index is 686. The number of carbonyl (C=O) groups excluding carboxylic acids is 2. The molecule has 0 bridgehead atoms. The highest BCUT2D eigenvalue weighted by atomic mass is 16.2. The van der Waals surface area contributed by atoms with E-state index in [2.05, 4.69) is 10.3 Å². The van der Waals surface area contributed by atoms with Crippen LogP contribution in [0.15, 0.2) is 30.5 Å². The zero-order valence-electron chi connectivity index (χ0n) is 11.3. The quantitative estimate of drug-likeness (QED) is 0.879. The topological polar surface area (TPSA) is 62.0 Å². The molecule has 1 aliphatic carbocycles. The molecule has 0 spiro atoms. The standard InChI is InChI=1S/C16H16N2O2/c1-10-4-2-5-11(8-10)18-16(20)12-9-17-13-6-3-7-14(19)15(12)13/h2,4-5,8-9,17H,3,6-7H2,1H3,(H,18,20). The van der Waals surface area contributed by atoms with Crippen molar-refractivity contribution < 1.29 is 9.59 Å². The molecular formula is C16H16N2O2. The van der Waals surface area contributed by atoms with Gasteiger partial charge in [-0.15, -0.1) is 0 Å². The molecule has 1 aliphatic rings. The summed E-state index contributed by atoms with van der Waals surface area (Å²) in [5, 5.41) is 2.84. The van der Waals surface area contributed by atoms with Crippen LogP contribution in [-0.4, -0.2) is 16.7 Å². The van der Waals surface area contributed by atoms with E-state index in [4.69, 9.17) is 0 Å². The maximum Gasteiger partial charge on any atom is 0.257 e. The van der Waals surface area contributed by atoms with Crippen molar-refractivity contribution in [2.75, 3.05) is 5.32 Å². The van der Waals surface area contributed by atoms with Gasteiger partial charge in [0.15, 0.2) is 5.78 Å². The molecule has 0 radical (unpaired) electrons. The van der Waals surface area contributed by atoms with Crippen LogP contribution < -0.4 is 5.32 Å². The molecule has 4 nitrogen and oxygen atoms in total. The molecule has 102 valence electrons. The largest absolute Gasteiger partial charge is 0.364 e. The number of benzene rings is 1. The maximum absolute atomic E-state index is 12.3. The Morgan fingerprint density at radius 2 is 2.15 bits per heavy atom. The summed E-state index contributed by atoms with van der Waals surface area (Å²) in [7, 11) is 0. The fourth-order valence-corrected chi connectivity index (χ4v) is 2.63. The monoisotopic (exact) mass is 268 g/mol. The van der Waals surface area contributed by atoms with E-state index >= 15 is 0 Å². The highest BCUT2D eigenvalue weighted by molar-refractivity contribution is 6.13. The Balaban J connectivity index is 1.88. The number of aromatic nitrogens is 1. The molecule has 4 heteroatoms. The molecule has 20 heavy (non-hydrogen) atoms. The minimum Gasteiger partial charge on any atom is -0.364 e. The fraction of sp³-hybridized carbons (Fsp3) is 0.250. The summed E-state index contributed by atoms with van der Waals surface area (Å²) >= 11 is 0. The van der Waals surface area contributed by atoms with Crippen molar-refractivity contribution in [3.8, 4) is 0 Å². The zero-order chi connectivity index (χ0) is 14.1. The molecule has 1 aromatic carbocycles. The molecule has 1 amide bonds. The lowest BCUT2D eigenvalue weighted by Crippen LogP contribution is -2.17. The second kappa shape index (κ2) is 4.96. The molecule has 0 aliphatic heterocycles. The number of hydrogen-bond acceptors (Lipinski definition) is 2. The van der Waals surface area contributed by atoms with E-state index < -0.39 is 0 Å². The van der Waals surface area contributed by atoms with E-state index in [-0.39, 0.29) is 11.7 Å². The minimum absolute atomic E-state index is 0.0573. The number of anilines is 1. The predicted molar refractivity (Wildman–Crippen MR) is 77.2 cm³/mol. The summed E-state index contributed by atoms with van der Waals surface area (Å²) in [5.74, 6) is -0.176. The summed E-state index contributed by atoms with van der Waals surface area (Å²) in [4.78, 5) is 27.4. The first-order valence-corrected chi connectivity index (χ1v) is 6.76. The summed E-state index contributed by atoms with van der Waals surface area (Å²) in [6, 6.07) is 7.60. The van der Waals surface area contributed by atoms with Gasteiger partial charge >= 0.3 is 0 Å². The third kappa shape index (κ3) is 2.25. The lowest BCUT2D eigenvalue weighted by atomic mass is 9.93. The van der Waals surface area contributed by atoms with Crippen LogP contribution in [0.3, 0.4) is 0 Å². The highest BCUT2D eigenvalue weighted by Gasteiger charge is 2.25. The number of amides is 1. The van der Waals surface area contributed by atoms with Gasteiger partial charge in [-0.25, -0.2) is 0 Å². The van der Waals surface area contributed by atoms with E-state index in [0.717, 1.165) is 29.8 Å². The van der Waals surface area contributed by atoms with Gasteiger partial charge in [0.1, 0.15) is 0 Å². The second-order valence-corrected chi connectivity index (χ2v) is 5.16. The van der Waals surface area contributed by atoms with Crippen LogP contribution in [0.1, 0.15) is 44.8 Å². The third-order valence-electron chi connectivity index (χ3n) is 3.59. The number of hydrogen-bond donors (Lipinski definition) is 2. The number of nitrogens with one attached hydrogen (secondary N) is 2. The molecule has 0 atom stereocenters. The van der Waals surface area contributed by atoms with Crippen LogP contribution in [0.2, 0.25) is 0 Å². The van der Waals surface area contributed by atoms with Gasteiger partial charge in [0, 0.05) is 24.0 Å². The van der Waals surface area contributed by atoms with E-state index in [1.165, 1.54) is 0 Å². The van der Waals surface area contributed by atoms with Crippen molar-refractivity contribution in [3.63, 3.8) is 0 Å². The summed E-state index contributed by atoms with van der Waals surface area (Å²) < 4.78 is 0. The molecule has 2 aromatic rings. The Labute approximate surface area is 117 Å². The van der Waals surface area contributed by atoms with Gasteiger partial charge in [-0.3, -0.25) is 9.59 Å². The second-order valence-electron chi connectivity index (χ2n) is 5.16. The molecular weight excluding hydrogens is 252 g/mol. The number of rotatable bonds is 2. The fourth-order valence-electron chi connectivity index (χ4n) is 2.63. The Morgan fingerprint density at radius 1 is 1.30 bits per heavy atom. The first kappa shape index (κ1) is 12.7. The Hall–Kier alpha value is -2.36. The molecule has 2 N–H and O–H groups in total. The average Bonchev–Trinajstić information content (AvgIpc) is 2.84. The van der Waals surface area contributed by atoms with E-state index in [0.29, 0.717) is 17.5 Å². The number of carbonyl (C=O) groups is 2. The Kier molecular flexibility index (Phi) is 3.14. The van der Waals surface area contributed by atoms with Gasteiger partial charge in [0.2, 0.25) is 0 Å². The first-order valence-electron chi connectivity index (χ1n) is 6.76. The highest BCUT2D eigenvalue weighted by Crippen LogP contribution is 2.24. The van der Waals surface area contributed by atoms with Crippen molar-refractivity contribution in [1.29, 1.82) is 0 Å². The van der Waals surface area contributed by atoms with Gasteiger partial charge in [-0.2, -0.15) is 0 Å². The van der Waals surface area contributed by atoms with Crippen molar-refractivity contribution in [1.82, 2.24) is 4.98 Å². The van der Waals surface area contributed by atoms with Crippen LogP contribution in [0, 0.1) is 6.92 Å². The minimum atomic E-state index is -0.233. The number of aromatic amines is 1. The number of ketones is 1. The van der Waals surface area contributed by atoms with Crippen LogP contribution in [0.25, 0.3) is 0 Å². The Morgan fingerprint density at radius 3 is 2.95 bits per heavy atom. The van der Waals surface area contributed by atoms with Crippen LogP contribution >= 0.6 is 0 Å². The van der Waals surface area contributed by atoms with Crippen molar-refractivity contribution >= 4 is 17.4 Å². The maximum atomic E-state index is 12.3. The summed E-state index contributed by atoms with van der Waals surface area (Å²) in [5.41, 5.74) is 3.73. The van der Waals surface area contributed by atoms with Gasteiger partial charge in [0.05, 0.1) is 11.1 Å². The van der Waals surface area contributed by atoms with Crippen LogP contribution in [0.5, 0.6) is 0 Å². The van der Waals surface area contributed by atoms with Gasteiger partial charge < -0.3 is 10.3 Å². The van der Waals surface area contributed by atoms with Crippen molar-refractivity contribution in [3.05, 3.63) is 52.8 Å². The molecule has 0 fully saturated rings. The van der Waals surface area contributed by atoms with Gasteiger partial charge in [-0.05, 0) is 37.5 Å². The third-order valence-corrected chi connectivity index (χ3v) is 3.59. The average molecular weight is 268 g/mol. The number of aryl methyl sites for hydroxylation is 2.